The summed E-state index contributed by atoms with van der Waals surface area (Å²) in [4.78, 5) is 0. The molecule has 0 radical (unpaired) electrons. The Morgan fingerprint density at radius 3 is 2.90 bits per heavy atom. The van der Waals surface area contributed by atoms with Crippen LogP contribution in [-0.4, -0.2) is 45.0 Å². The fourth-order valence-corrected chi connectivity index (χ4v) is 1.80. The number of nitrogens with zero attached hydrogens (tertiary/aromatic N) is 5. The summed E-state index contributed by atoms with van der Waals surface area (Å²) in [6.45, 7) is 7.06. The molecule has 0 unspecified atom stereocenters. The summed E-state index contributed by atoms with van der Waals surface area (Å²) < 4.78 is 8.72. The number of hydrogen-bond donors (Lipinski definition) is 1. The second kappa shape index (κ2) is 7.16. The molecule has 0 saturated heterocycles. The Morgan fingerprint density at radius 1 is 1.35 bits per heavy atom. The summed E-state index contributed by atoms with van der Waals surface area (Å²) in [6.07, 6.45) is 3.93. The number of nitrogens with one attached hydrogen (secondary N) is 1. The lowest BCUT2D eigenvalue weighted by Gasteiger charge is -2.03. The quantitative estimate of drug-likeness (QED) is 0.725. The molecule has 0 saturated carbocycles. The number of methoxy groups -OCH3 is 1. The molecule has 1 N–H and O–H groups in total. The molecule has 2 aromatic heterocycles. The highest BCUT2D eigenvalue weighted by atomic mass is 16.5. The molecule has 0 aliphatic heterocycles. The highest BCUT2D eigenvalue weighted by Crippen LogP contribution is 2.05. The van der Waals surface area contributed by atoms with Crippen molar-refractivity contribution in [2.24, 2.45) is 0 Å². The van der Waals surface area contributed by atoms with Crippen molar-refractivity contribution in [3.05, 3.63) is 29.8 Å². The number of hydrogen-bond acceptors (Lipinski definition) is 5. The van der Waals surface area contributed by atoms with Gasteiger partial charge in [0.1, 0.15) is 0 Å². The van der Waals surface area contributed by atoms with E-state index in [1.165, 1.54) is 0 Å². The summed E-state index contributed by atoms with van der Waals surface area (Å²) in [7, 11) is 1.69. The first-order valence-electron chi connectivity index (χ1n) is 6.81. The first-order chi connectivity index (χ1) is 9.69. The number of rotatable bonds is 8. The zero-order valence-electron chi connectivity index (χ0n) is 12.3. The van der Waals surface area contributed by atoms with Crippen molar-refractivity contribution >= 4 is 0 Å². The van der Waals surface area contributed by atoms with E-state index >= 15 is 0 Å². The van der Waals surface area contributed by atoms with Crippen LogP contribution in [0.3, 0.4) is 0 Å². The zero-order chi connectivity index (χ0) is 14.4. The van der Waals surface area contributed by atoms with Gasteiger partial charge in [-0.1, -0.05) is 5.21 Å². The van der Waals surface area contributed by atoms with Crippen LogP contribution in [0.1, 0.15) is 31.3 Å². The van der Waals surface area contributed by atoms with Crippen LogP contribution in [0.2, 0.25) is 0 Å². The van der Waals surface area contributed by atoms with Gasteiger partial charge in [0.25, 0.3) is 0 Å². The van der Waals surface area contributed by atoms with Gasteiger partial charge in [-0.3, -0.25) is 4.68 Å². The Labute approximate surface area is 118 Å². The van der Waals surface area contributed by atoms with E-state index in [1.54, 1.807) is 11.8 Å². The second-order valence-electron chi connectivity index (χ2n) is 4.96. The van der Waals surface area contributed by atoms with Gasteiger partial charge < -0.3 is 10.1 Å². The fourth-order valence-electron chi connectivity index (χ4n) is 1.80. The largest absolute Gasteiger partial charge is 0.383 e. The molecule has 2 rings (SSSR count). The van der Waals surface area contributed by atoms with Gasteiger partial charge in [0, 0.05) is 32.4 Å². The maximum Gasteiger partial charge on any atom is 0.0965 e. The summed E-state index contributed by atoms with van der Waals surface area (Å²) in [5.74, 6) is 0. The molecule has 7 heteroatoms. The van der Waals surface area contributed by atoms with Crippen LogP contribution in [0.25, 0.3) is 0 Å². The smallest absolute Gasteiger partial charge is 0.0965 e. The van der Waals surface area contributed by atoms with Crippen molar-refractivity contribution in [2.75, 3.05) is 20.3 Å². The molecule has 110 valence electrons. The zero-order valence-corrected chi connectivity index (χ0v) is 12.3. The lowest BCUT2D eigenvalue weighted by Crippen LogP contribution is -2.18. The van der Waals surface area contributed by atoms with Gasteiger partial charge in [-0.25, -0.2) is 4.68 Å². The molecule has 0 amide bonds. The van der Waals surface area contributed by atoms with E-state index in [4.69, 9.17) is 4.74 Å². The SMILES string of the molecule is COCCNCc1cn(Cc2ccn(C(C)C)n2)nn1. The predicted octanol–water partition coefficient (Wildman–Crippen LogP) is 0.840. The minimum Gasteiger partial charge on any atom is -0.383 e. The molecular formula is C13H22N6O. The normalized spacial score (nSPS) is 11.4. The average Bonchev–Trinajstić information content (AvgIpc) is 3.05. The maximum absolute atomic E-state index is 4.97. The molecule has 0 fully saturated rings. The van der Waals surface area contributed by atoms with Crippen molar-refractivity contribution in [1.82, 2.24) is 30.1 Å². The monoisotopic (exact) mass is 278 g/mol. The van der Waals surface area contributed by atoms with E-state index in [0.717, 1.165) is 17.9 Å². The summed E-state index contributed by atoms with van der Waals surface area (Å²) in [5.41, 5.74) is 1.91. The van der Waals surface area contributed by atoms with E-state index in [9.17, 15) is 0 Å². The third kappa shape index (κ3) is 4.14. The third-order valence-corrected chi connectivity index (χ3v) is 2.89. The highest BCUT2D eigenvalue weighted by Gasteiger charge is 2.05. The van der Waals surface area contributed by atoms with Crippen molar-refractivity contribution < 1.29 is 4.74 Å². The first-order valence-corrected chi connectivity index (χ1v) is 6.81. The average molecular weight is 278 g/mol. The minimum absolute atomic E-state index is 0.375. The van der Waals surface area contributed by atoms with Crippen LogP contribution in [0.5, 0.6) is 0 Å². The highest BCUT2D eigenvalue weighted by molar-refractivity contribution is 5.01. The Hall–Kier alpha value is -1.73. The molecule has 0 aliphatic rings. The Kier molecular flexibility index (Phi) is 5.25. The Bertz CT molecular complexity index is 518. The summed E-state index contributed by atoms with van der Waals surface area (Å²) in [5, 5.41) is 16.0. The molecule has 20 heavy (non-hydrogen) atoms. The lowest BCUT2D eigenvalue weighted by molar-refractivity contribution is 0.199. The summed E-state index contributed by atoms with van der Waals surface area (Å²) in [6, 6.07) is 2.39. The lowest BCUT2D eigenvalue weighted by atomic mass is 10.4. The van der Waals surface area contributed by atoms with Crippen LogP contribution in [-0.2, 0) is 17.8 Å². The van der Waals surface area contributed by atoms with Crippen molar-refractivity contribution in [3.8, 4) is 0 Å². The second-order valence-corrected chi connectivity index (χ2v) is 4.96. The topological polar surface area (TPSA) is 69.8 Å². The van der Waals surface area contributed by atoms with Gasteiger partial charge >= 0.3 is 0 Å². The van der Waals surface area contributed by atoms with Crippen LogP contribution < -0.4 is 5.32 Å². The van der Waals surface area contributed by atoms with Gasteiger partial charge in [-0.05, 0) is 19.9 Å². The maximum atomic E-state index is 4.97. The first kappa shape index (κ1) is 14.7. The minimum atomic E-state index is 0.375. The van der Waals surface area contributed by atoms with Gasteiger partial charge in [0.05, 0.1) is 30.7 Å². The number of ether oxygens (including phenoxy) is 1. The van der Waals surface area contributed by atoms with Crippen LogP contribution in [0.4, 0.5) is 0 Å². The Morgan fingerprint density at radius 2 is 2.20 bits per heavy atom. The standard InChI is InChI=1S/C13H22N6O/c1-11(2)19-6-4-12(16-19)9-18-10-13(15-17-18)8-14-5-7-20-3/h4,6,10-11,14H,5,7-9H2,1-3H3. The van der Waals surface area contributed by atoms with Crippen LogP contribution in [0.15, 0.2) is 18.5 Å². The predicted molar refractivity (Wildman–Crippen MR) is 75.3 cm³/mol. The van der Waals surface area contributed by atoms with E-state index in [0.29, 0.717) is 25.7 Å². The molecular weight excluding hydrogens is 256 g/mol. The van der Waals surface area contributed by atoms with Crippen molar-refractivity contribution in [2.45, 2.75) is 33.0 Å². The molecule has 0 aromatic carbocycles. The van der Waals surface area contributed by atoms with E-state index in [-0.39, 0.29) is 0 Å². The third-order valence-electron chi connectivity index (χ3n) is 2.89. The van der Waals surface area contributed by atoms with Gasteiger partial charge in [-0.2, -0.15) is 5.10 Å². The van der Waals surface area contributed by atoms with Gasteiger partial charge in [0.2, 0.25) is 0 Å². The molecule has 0 spiro atoms. The molecule has 2 heterocycles. The van der Waals surface area contributed by atoms with Crippen molar-refractivity contribution in [3.63, 3.8) is 0 Å². The molecule has 7 nitrogen and oxygen atoms in total. The van der Waals surface area contributed by atoms with Crippen LogP contribution in [0, 0.1) is 0 Å². The van der Waals surface area contributed by atoms with E-state index in [1.807, 2.05) is 23.1 Å². The van der Waals surface area contributed by atoms with E-state index < -0.39 is 0 Å². The number of aromatic nitrogens is 5. The molecule has 0 aliphatic carbocycles. The van der Waals surface area contributed by atoms with Gasteiger partial charge in [-0.15, -0.1) is 5.10 Å². The molecule has 0 atom stereocenters. The Balaban J connectivity index is 1.85. The fraction of sp³-hybridized carbons (Fsp3) is 0.615. The van der Waals surface area contributed by atoms with Crippen LogP contribution >= 0.6 is 0 Å². The van der Waals surface area contributed by atoms with Crippen molar-refractivity contribution in [1.29, 1.82) is 0 Å². The van der Waals surface area contributed by atoms with E-state index in [2.05, 4.69) is 34.6 Å². The van der Waals surface area contributed by atoms with Gasteiger partial charge in [0.15, 0.2) is 0 Å². The molecule has 0 bridgehead atoms. The summed E-state index contributed by atoms with van der Waals surface area (Å²) >= 11 is 0. The molecule has 2 aromatic rings.